The van der Waals surface area contributed by atoms with E-state index in [-0.39, 0.29) is 12.0 Å². The summed E-state index contributed by atoms with van der Waals surface area (Å²) in [5.41, 5.74) is 0. The average molecular weight is 243 g/mol. The Bertz CT molecular complexity index is 225. The molecule has 1 atom stereocenters. The number of ether oxygens (including phenoxy) is 2. The molecule has 1 aliphatic heterocycles. The molecule has 1 rings (SSSR count). The van der Waals surface area contributed by atoms with Gasteiger partial charge in [0.1, 0.15) is 0 Å². The van der Waals surface area contributed by atoms with Gasteiger partial charge in [0, 0.05) is 19.0 Å². The van der Waals surface area contributed by atoms with Gasteiger partial charge in [-0.1, -0.05) is 20.8 Å². The van der Waals surface area contributed by atoms with Gasteiger partial charge < -0.3 is 14.4 Å². The first kappa shape index (κ1) is 14.3. The third kappa shape index (κ3) is 4.94. The molecule has 0 saturated carbocycles. The fourth-order valence-electron chi connectivity index (χ4n) is 1.85. The Balaban J connectivity index is 2.39. The smallest absolute Gasteiger partial charge is 0.412 e. The van der Waals surface area contributed by atoms with Crippen molar-refractivity contribution >= 4 is 6.09 Å². The van der Waals surface area contributed by atoms with Gasteiger partial charge in [-0.15, -0.1) is 0 Å². The van der Waals surface area contributed by atoms with Gasteiger partial charge in [-0.2, -0.15) is 0 Å². The Kier molecular flexibility index (Phi) is 6.34. The Labute approximate surface area is 104 Å². The van der Waals surface area contributed by atoms with Crippen LogP contribution in [0.5, 0.6) is 0 Å². The number of nitrogens with zero attached hydrogens (tertiary/aromatic N) is 1. The quantitative estimate of drug-likeness (QED) is 0.697. The van der Waals surface area contributed by atoms with Crippen molar-refractivity contribution in [3.8, 4) is 0 Å². The van der Waals surface area contributed by atoms with E-state index in [0.717, 1.165) is 32.4 Å². The summed E-state index contributed by atoms with van der Waals surface area (Å²) in [5.74, 6) is 0.190. The van der Waals surface area contributed by atoms with E-state index < -0.39 is 6.29 Å². The van der Waals surface area contributed by atoms with E-state index in [2.05, 4.69) is 0 Å². The summed E-state index contributed by atoms with van der Waals surface area (Å²) in [6, 6.07) is 0. The van der Waals surface area contributed by atoms with E-state index in [0.29, 0.717) is 6.61 Å². The average Bonchev–Trinajstić information content (AvgIpc) is 2.35. The summed E-state index contributed by atoms with van der Waals surface area (Å²) in [6.07, 6.45) is 3.67. The number of piperidine rings is 1. The molecule has 0 aromatic rings. The monoisotopic (exact) mass is 243 g/mol. The number of rotatable bonds is 5. The molecule has 0 radical (unpaired) electrons. The number of hydrogen-bond donors (Lipinski definition) is 0. The van der Waals surface area contributed by atoms with Crippen molar-refractivity contribution in [2.45, 2.75) is 52.7 Å². The fraction of sp³-hybridized carbons (Fsp3) is 0.923. The highest BCUT2D eigenvalue weighted by atomic mass is 16.7. The standard InChI is InChI=1S/C13H25NO3/c1-4-10-16-12(11(2)3)17-13(15)14-8-6-5-7-9-14/h11-12H,4-10H2,1-3H3. The van der Waals surface area contributed by atoms with Gasteiger partial charge in [-0.25, -0.2) is 4.79 Å². The molecule has 0 bridgehead atoms. The van der Waals surface area contributed by atoms with E-state index in [1.165, 1.54) is 6.42 Å². The van der Waals surface area contributed by atoms with Crippen molar-refractivity contribution in [3.05, 3.63) is 0 Å². The van der Waals surface area contributed by atoms with Gasteiger partial charge in [-0.3, -0.25) is 0 Å². The molecule has 1 fully saturated rings. The molecule has 4 heteroatoms. The zero-order valence-electron chi connectivity index (χ0n) is 11.3. The van der Waals surface area contributed by atoms with Gasteiger partial charge >= 0.3 is 6.09 Å². The molecule has 1 saturated heterocycles. The highest BCUT2D eigenvalue weighted by molar-refractivity contribution is 5.67. The summed E-state index contributed by atoms with van der Waals surface area (Å²) in [5, 5.41) is 0. The normalized spacial score (nSPS) is 18.2. The van der Waals surface area contributed by atoms with Crippen LogP contribution in [0.1, 0.15) is 46.5 Å². The van der Waals surface area contributed by atoms with Crippen molar-refractivity contribution in [1.82, 2.24) is 4.90 Å². The number of likely N-dealkylation sites (tertiary alicyclic amines) is 1. The second-order valence-electron chi connectivity index (χ2n) is 4.91. The predicted octanol–water partition coefficient (Wildman–Crippen LogP) is 3.02. The van der Waals surface area contributed by atoms with E-state index in [1.807, 2.05) is 20.8 Å². The lowest BCUT2D eigenvalue weighted by atomic mass is 10.1. The fourth-order valence-corrected chi connectivity index (χ4v) is 1.85. The Morgan fingerprint density at radius 1 is 1.24 bits per heavy atom. The molecular weight excluding hydrogens is 218 g/mol. The third-order valence-corrected chi connectivity index (χ3v) is 2.86. The van der Waals surface area contributed by atoms with Crippen LogP contribution in [0.2, 0.25) is 0 Å². The number of amides is 1. The minimum absolute atomic E-state index is 0.190. The van der Waals surface area contributed by atoms with Gasteiger partial charge in [0.2, 0.25) is 6.29 Å². The molecule has 4 nitrogen and oxygen atoms in total. The maximum absolute atomic E-state index is 11.9. The number of hydrogen-bond acceptors (Lipinski definition) is 3. The minimum atomic E-state index is -0.413. The molecule has 100 valence electrons. The highest BCUT2D eigenvalue weighted by Gasteiger charge is 2.23. The maximum atomic E-state index is 11.9. The lowest BCUT2D eigenvalue weighted by Gasteiger charge is -2.29. The lowest BCUT2D eigenvalue weighted by Crippen LogP contribution is -2.39. The Morgan fingerprint density at radius 2 is 1.88 bits per heavy atom. The van der Waals surface area contributed by atoms with Crippen LogP contribution in [0, 0.1) is 5.92 Å². The van der Waals surface area contributed by atoms with Crippen molar-refractivity contribution < 1.29 is 14.3 Å². The molecule has 17 heavy (non-hydrogen) atoms. The van der Waals surface area contributed by atoms with Crippen molar-refractivity contribution in [2.24, 2.45) is 5.92 Å². The highest BCUT2D eigenvalue weighted by Crippen LogP contribution is 2.14. The molecule has 1 heterocycles. The summed E-state index contributed by atoms with van der Waals surface area (Å²) < 4.78 is 11.0. The van der Waals surface area contributed by atoms with Crippen molar-refractivity contribution in [3.63, 3.8) is 0 Å². The van der Waals surface area contributed by atoms with Crippen LogP contribution in [-0.4, -0.2) is 37.0 Å². The van der Waals surface area contributed by atoms with Crippen molar-refractivity contribution in [2.75, 3.05) is 19.7 Å². The Morgan fingerprint density at radius 3 is 2.41 bits per heavy atom. The van der Waals surface area contributed by atoms with Crippen LogP contribution in [0.25, 0.3) is 0 Å². The van der Waals surface area contributed by atoms with Crippen molar-refractivity contribution in [1.29, 1.82) is 0 Å². The molecule has 0 aromatic heterocycles. The van der Waals surface area contributed by atoms with Crippen LogP contribution in [0.15, 0.2) is 0 Å². The lowest BCUT2D eigenvalue weighted by molar-refractivity contribution is -0.136. The zero-order valence-corrected chi connectivity index (χ0v) is 11.3. The molecule has 0 N–H and O–H groups in total. The molecule has 0 aromatic carbocycles. The third-order valence-electron chi connectivity index (χ3n) is 2.86. The summed E-state index contributed by atoms with van der Waals surface area (Å²) in [7, 11) is 0. The number of carbonyl (C=O) groups excluding carboxylic acids is 1. The van der Waals surface area contributed by atoms with Crippen LogP contribution >= 0.6 is 0 Å². The van der Waals surface area contributed by atoms with Crippen LogP contribution in [-0.2, 0) is 9.47 Å². The summed E-state index contributed by atoms with van der Waals surface area (Å²) in [4.78, 5) is 13.7. The molecule has 1 unspecified atom stereocenters. The topological polar surface area (TPSA) is 38.8 Å². The van der Waals surface area contributed by atoms with Gasteiger partial charge in [-0.05, 0) is 25.7 Å². The minimum Gasteiger partial charge on any atom is -0.419 e. The van der Waals surface area contributed by atoms with Crippen LogP contribution < -0.4 is 0 Å². The van der Waals surface area contributed by atoms with Crippen LogP contribution in [0.4, 0.5) is 4.79 Å². The maximum Gasteiger partial charge on any atom is 0.412 e. The summed E-state index contributed by atoms with van der Waals surface area (Å²) in [6.45, 7) is 8.32. The van der Waals surface area contributed by atoms with Gasteiger partial charge in [0.15, 0.2) is 0 Å². The largest absolute Gasteiger partial charge is 0.419 e. The van der Waals surface area contributed by atoms with E-state index in [1.54, 1.807) is 4.90 Å². The molecule has 1 amide bonds. The predicted molar refractivity (Wildman–Crippen MR) is 66.8 cm³/mol. The molecule has 0 spiro atoms. The SMILES string of the molecule is CCCOC(OC(=O)N1CCCCC1)C(C)C. The second kappa shape index (κ2) is 7.54. The first-order valence-corrected chi connectivity index (χ1v) is 6.72. The van der Waals surface area contributed by atoms with E-state index >= 15 is 0 Å². The molecular formula is C13H25NO3. The molecule has 0 aliphatic carbocycles. The van der Waals surface area contributed by atoms with Gasteiger partial charge in [0.05, 0.1) is 6.61 Å². The Hall–Kier alpha value is -0.770. The van der Waals surface area contributed by atoms with Gasteiger partial charge in [0.25, 0.3) is 0 Å². The van der Waals surface area contributed by atoms with E-state index in [9.17, 15) is 4.79 Å². The zero-order chi connectivity index (χ0) is 12.7. The van der Waals surface area contributed by atoms with Crippen LogP contribution in [0.3, 0.4) is 0 Å². The first-order valence-electron chi connectivity index (χ1n) is 6.72. The molecule has 1 aliphatic rings. The number of carbonyl (C=O) groups is 1. The second-order valence-corrected chi connectivity index (χ2v) is 4.91. The van der Waals surface area contributed by atoms with E-state index in [4.69, 9.17) is 9.47 Å². The first-order chi connectivity index (χ1) is 8.15. The summed E-state index contributed by atoms with van der Waals surface area (Å²) >= 11 is 0.